The predicted octanol–water partition coefficient (Wildman–Crippen LogP) is -1.39. The predicted molar refractivity (Wildman–Crippen MR) is 38.1 cm³/mol. The summed E-state index contributed by atoms with van der Waals surface area (Å²) in [5.41, 5.74) is 5.08. The molecule has 0 aromatic rings. The Bertz CT molecular complexity index is 71.5. The molecule has 0 amide bonds. The van der Waals surface area contributed by atoms with Crippen LogP contribution in [-0.2, 0) is 0 Å². The topological polar surface area (TPSA) is 49.9 Å². The van der Waals surface area contributed by atoms with Crippen LogP contribution in [0.15, 0.2) is 0 Å². The van der Waals surface area contributed by atoms with E-state index in [1.165, 1.54) is 0 Å². The van der Waals surface area contributed by atoms with Crippen LogP contribution >= 0.6 is 0 Å². The average Bonchev–Trinajstić information content (AvgIpc) is 1.27. The van der Waals surface area contributed by atoms with Crippen molar-refractivity contribution < 1.29 is 12.4 Å². The molecule has 2 nitrogen and oxygen atoms in total. The van der Waals surface area contributed by atoms with Gasteiger partial charge in [-0.15, -0.1) is 0 Å². The Hall–Kier alpha value is -0.240. The van der Waals surface area contributed by atoms with E-state index in [4.69, 9.17) is 11.1 Å². The van der Waals surface area contributed by atoms with Gasteiger partial charge in [0.1, 0.15) is 0 Å². The summed E-state index contributed by atoms with van der Waals surface area (Å²) in [4.78, 5) is 0. The molecule has 58 valence electrons. The number of amidine groups is 1. The van der Waals surface area contributed by atoms with E-state index < -0.39 is 0 Å². The smallest absolute Gasteiger partial charge is 0.0907 e. The summed E-state index contributed by atoms with van der Waals surface area (Å²) in [5, 5.41) is 6.80. The zero-order valence-electron chi connectivity index (χ0n) is 5.24. The average molecular weight is 152 g/mol. The lowest BCUT2D eigenvalue weighted by atomic mass is 10.1. The van der Waals surface area contributed by atoms with Crippen LogP contribution in [0.4, 0.5) is 0 Å². The molecular weight excluding hydrogens is 136 g/mol. The minimum absolute atomic E-state index is 0. The van der Waals surface area contributed by atoms with Crippen molar-refractivity contribution >= 4 is 5.84 Å². The third kappa shape index (κ3) is 18.2. The zero-order chi connectivity index (χ0) is 5.86. The van der Waals surface area contributed by atoms with Crippen LogP contribution in [0.5, 0.6) is 0 Å². The van der Waals surface area contributed by atoms with Gasteiger partial charge in [-0.1, -0.05) is 21.3 Å². The van der Waals surface area contributed by atoms with Crippen LogP contribution in [0, 0.1) is 11.3 Å². The number of rotatable bonds is 2. The van der Waals surface area contributed by atoms with Gasteiger partial charge in [0, 0.05) is 6.42 Å². The molecule has 0 aromatic carbocycles. The lowest BCUT2D eigenvalue weighted by Gasteiger charge is -1.98. The van der Waals surface area contributed by atoms with Crippen LogP contribution in [0.2, 0.25) is 0 Å². The Kier molecular flexibility index (Phi) is 13.7. The first-order valence-electron chi connectivity index (χ1n) is 2.46. The van der Waals surface area contributed by atoms with Crippen molar-refractivity contribution in [2.75, 3.05) is 0 Å². The highest BCUT2D eigenvalue weighted by Gasteiger charge is 1.92. The molecule has 0 aliphatic carbocycles. The zero-order valence-corrected chi connectivity index (χ0v) is 6.00. The molecule has 0 radical (unpaired) electrons. The molecule has 9 heavy (non-hydrogen) atoms. The molecule has 0 aliphatic heterocycles. The lowest BCUT2D eigenvalue weighted by Crippen LogP contribution is -3.00. The van der Waals surface area contributed by atoms with E-state index >= 15 is 0 Å². The molecule has 0 atom stereocenters. The van der Waals surface area contributed by atoms with Gasteiger partial charge < -0.3 is 18.1 Å². The Morgan fingerprint density at radius 3 is 1.89 bits per heavy atom. The molecule has 0 spiro atoms. The quantitative estimate of drug-likeness (QED) is 0.371. The van der Waals surface area contributed by atoms with Gasteiger partial charge >= 0.3 is 0 Å². The summed E-state index contributed by atoms with van der Waals surface area (Å²) >= 11 is 0. The monoisotopic (exact) mass is 151 g/mol. The number of hydrogen-bond acceptors (Lipinski definition) is 1. The summed E-state index contributed by atoms with van der Waals surface area (Å²) in [5.74, 6) is 0.813. The van der Waals surface area contributed by atoms with Gasteiger partial charge in [-0.2, -0.15) is 0 Å². The lowest BCUT2D eigenvalue weighted by molar-refractivity contribution is -0.00000266. The highest BCUT2D eigenvalue weighted by Crippen LogP contribution is 1.95. The first-order valence-corrected chi connectivity index (χ1v) is 2.46. The van der Waals surface area contributed by atoms with Gasteiger partial charge in [0.05, 0.1) is 5.84 Å². The van der Waals surface area contributed by atoms with Crippen LogP contribution in [-0.4, -0.2) is 5.84 Å². The number of halogens is 1. The maximum absolute atomic E-state index is 6.80. The van der Waals surface area contributed by atoms with Crippen molar-refractivity contribution in [1.29, 1.82) is 5.41 Å². The van der Waals surface area contributed by atoms with E-state index in [0.29, 0.717) is 5.92 Å². The Morgan fingerprint density at radius 1 is 1.56 bits per heavy atom. The Balaban J connectivity index is -0.000000180. The van der Waals surface area contributed by atoms with Gasteiger partial charge in [-0.05, 0) is 5.92 Å². The minimum Gasteiger partial charge on any atom is -1.00 e. The third-order valence-electron chi connectivity index (χ3n) is 0.628. The fourth-order valence-electron chi connectivity index (χ4n) is 0.440. The van der Waals surface area contributed by atoms with E-state index in [2.05, 4.69) is 0 Å². The van der Waals surface area contributed by atoms with E-state index in [1.54, 1.807) is 0 Å². The van der Waals surface area contributed by atoms with Gasteiger partial charge in [0.15, 0.2) is 0 Å². The maximum Gasteiger partial charge on any atom is 0.0907 e. The third-order valence-corrected chi connectivity index (χ3v) is 0.628. The Morgan fingerprint density at radius 2 is 1.89 bits per heavy atom. The maximum atomic E-state index is 6.80. The molecule has 3 N–H and O–H groups in total. The second kappa shape index (κ2) is 7.76. The first-order chi connectivity index (χ1) is 3.13. The molecule has 0 aliphatic rings. The number of nitrogens with two attached hydrogens (primary N) is 1. The number of hydrogen-bond donors (Lipinski definition) is 2. The molecule has 3 heteroatoms. The normalized spacial score (nSPS) is 7.44. The highest BCUT2D eigenvalue weighted by molar-refractivity contribution is 5.76. The molecule has 0 saturated carbocycles. The summed E-state index contributed by atoms with van der Waals surface area (Å²) in [6.45, 7) is 4.09. The fourth-order valence-corrected chi connectivity index (χ4v) is 0.440. The van der Waals surface area contributed by atoms with Crippen molar-refractivity contribution in [1.82, 2.24) is 0 Å². The molecular formula is C6H16ClN2-. The van der Waals surface area contributed by atoms with Crippen LogP contribution in [0.25, 0.3) is 0 Å². The summed E-state index contributed by atoms with van der Waals surface area (Å²) in [6.07, 6.45) is 0.722. The van der Waals surface area contributed by atoms with Crippen molar-refractivity contribution in [3.8, 4) is 0 Å². The Labute approximate surface area is 63.7 Å². The first kappa shape index (κ1) is 15.9. The van der Waals surface area contributed by atoms with Gasteiger partial charge in [0.25, 0.3) is 0 Å². The molecule has 0 saturated heterocycles. The van der Waals surface area contributed by atoms with Crippen molar-refractivity contribution in [2.24, 2.45) is 11.7 Å². The largest absolute Gasteiger partial charge is 1.00 e. The minimum atomic E-state index is 0. The van der Waals surface area contributed by atoms with Crippen LogP contribution in [0.1, 0.15) is 27.7 Å². The second-order valence-electron chi connectivity index (χ2n) is 2.12. The SMILES string of the molecule is C.CC(C)CC(=N)N.[Cl-]. The summed E-state index contributed by atoms with van der Waals surface area (Å²) in [7, 11) is 0. The van der Waals surface area contributed by atoms with Gasteiger partial charge in [-0.3, -0.25) is 5.41 Å². The second-order valence-corrected chi connectivity index (χ2v) is 2.12. The molecule has 0 heterocycles. The van der Waals surface area contributed by atoms with E-state index in [1.807, 2.05) is 13.8 Å². The summed E-state index contributed by atoms with van der Waals surface area (Å²) < 4.78 is 0. The highest BCUT2D eigenvalue weighted by atomic mass is 35.5. The fraction of sp³-hybridized carbons (Fsp3) is 0.833. The van der Waals surface area contributed by atoms with Crippen molar-refractivity contribution in [3.05, 3.63) is 0 Å². The van der Waals surface area contributed by atoms with Crippen LogP contribution < -0.4 is 18.1 Å². The van der Waals surface area contributed by atoms with Gasteiger partial charge in [0.2, 0.25) is 0 Å². The molecule has 0 bridgehead atoms. The van der Waals surface area contributed by atoms with Crippen molar-refractivity contribution in [3.63, 3.8) is 0 Å². The van der Waals surface area contributed by atoms with Crippen LogP contribution in [0.3, 0.4) is 0 Å². The van der Waals surface area contributed by atoms with E-state index in [-0.39, 0.29) is 25.7 Å². The van der Waals surface area contributed by atoms with E-state index in [9.17, 15) is 0 Å². The number of nitrogens with one attached hydrogen (secondary N) is 1. The van der Waals surface area contributed by atoms with E-state index in [0.717, 1.165) is 6.42 Å². The molecule has 0 rings (SSSR count). The molecule has 0 aromatic heterocycles. The standard InChI is InChI=1S/C5H12N2.CH4.ClH/c1-4(2)3-5(6)7;;/h4H,3H2,1-2H3,(H3,6,7);1H4;1H/p-1. The summed E-state index contributed by atoms with van der Waals surface area (Å²) in [6, 6.07) is 0. The van der Waals surface area contributed by atoms with Crippen molar-refractivity contribution in [2.45, 2.75) is 27.7 Å². The molecule has 0 fully saturated rings. The molecule has 0 unspecified atom stereocenters. The van der Waals surface area contributed by atoms with Gasteiger partial charge in [-0.25, -0.2) is 0 Å².